The average Bonchev–Trinajstić information content (AvgIpc) is 3.04. The Hall–Kier alpha value is -2.83. The molecule has 3 N–H and O–H groups in total. The lowest BCUT2D eigenvalue weighted by molar-refractivity contribution is 0.102. The molecule has 0 aliphatic carbocycles. The molecule has 7 heteroatoms. The number of amides is 3. The van der Waals surface area contributed by atoms with Gasteiger partial charge in [0, 0.05) is 31.5 Å². The third kappa shape index (κ3) is 4.84. The van der Waals surface area contributed by atoms with Crippen LogP contribution in [0.1, 0.15) is 29.8 Å². The first-order valence-electron chi connectivity index (χ1n) is 7.56. The first kappa shape index (κ1) is 16.5. The number of carbonyl (C=O) groups excluding carboxylic acids is 2. The number of anilines is 1. The molecule has 0 radical (unpaired) electrons. The van der Waals surface area contributed by atoms with E-state index in [2.05, 4.69) is 21.0 Å². The predicted molar refractivity (Wildman–Crippen MR) is 88.2 cm³/mol. The maximum absolute atomic E-state index is 12.1. The van der Waals surface area contributed by atoms with E-state index in [0.29, 0.717) is 24.3 Å². The molecule has 0 saturated carbocycles. The summed E-state index contributed by atoms with van der Waals surface area (Å²) in [5.74, 6) is -0.196. The Morgan fingerprint density at radius 3 is 2.48 bits per heavy atom. The second-order valence-electron chi connectivity index (χ2n) is 4.95. The summed E-state index contributed by atoms with van der Waals surface area (Å²) in [5.41, 5.74) is 2.17. The molecular formula is C16H21N5O2. The van der Waals surface area contributed by atoms with Crippen LogP contribution in [0, 0.1) is 0 Å². The summed E-state index contributed by atoms with van der Waals surface area (Å²) >= 11 is 0. The van der Waals surface area contributed by atoms with Crippen molar-refractivity contribution in [2.24, 2.45) is 0 Å². The molecule has 3 amide bonds. The molecule has 0 bridgehead atoms. The van der Waals surface area contributed by atoms with Gasteiger partial charge in [-0.05, 0) is 31.5 Å². The van der Waals surface area contributed by atoms with Gasteiger partial charge in [-0.25, -0.2) is 4.79 Å². The van der Waals surface area contributed by atoms with E-state index >= 15 is 0 Å². The number of nitrogens with zero attached hydrogens (tertiary/aromatic N) is 2. The number of aryl methyl sites for hydroxylation is 1. The lowest BCUT2D eigenvalue weighted by Gasteiger charge is -2.07. The van der Waals surface area contributed by atoms with E-state index in [-0.39, 0.29) is 11.9 Å². The van der Waals surface area contributed by atoms with Crippen molar-refractivity contribution in [3.63, 3.8) is 0 Å². The Morgan fingerprint density at radius 2 is 1.87 bits per heavy atom. The second-order valence-corrected chi connectivity index (χ2v) is 4.95. The van der Waals surface area contributed by atoms with Crippen molar-refractivity contribution in [3.05, 3.63) is 47.8 Å². The van der Waals surface area contributed by atoms with Crippen molar-refractivity contribution in [2.45, 2.75) is 26.9 Å². The third-order valence-electron chi connectivity index (χ3n) is 3.22. The molecule has 2 rings (SSSR count). The van der Waals surface area contributed by atoms with E-state index in [1.165, 1.54) is 0 Å². The monoisotopic (exact) mass is 315 g/mol. The number of nitrogens with one attached hydrogen (secondary N) is 3. The molecule has 0 aliphatic heterocycles. The lowest BCUT2D eigenvalue weighted by atomic mass is 10.2. The Bertz CT molecular complexity index is 663. The molecule has 0 fully saturated rings. The van der Waals surface area contributed by atoms with E-state index in [0.717, 1.165) is 12.1 Å². The van der Waals surface area contributed by atoms with Gasteiger partial charge in [0.05, 0.1) is 11.8 Å². The van der Waals surface area contributed by atoms with Crippen LogP contribution in [-0.4, -0.2) is 28.3 Å². The summed E-state index contributed by atoms with van der Waals surface area (Å²) in [6, 6.07) is 7.13. The fraction of sp³-hybridized carbons (Fsp3) is 0.312. The molecule has 1 aromatic carbocycles. The minimum absolute atomic E-state index is 0.196. The molecule has 0 spiro atoms. The minimum atomic E-state index is -0.196. The molecule has 0 aliphatic rings. The van der Waals surface area contributed by atoms with Crippen LogP contribution < -0.4 is 16.0 Å². The highest BCUT2D eigenvalue weighted by Crippen LogP contribution is 2.11. The summed E-state index contributed by atoms with van der Waals surface area (Å²) in [5, 5.41) is 12.3. The first-order valence-corrected chi connectivity index (χ1v) is 7.56. The largest absolute Gasteiger partial charge is 0.338 e. The van der Waals surface area contributed by atoms with Gasteiger partial charge in [0.2, 0.25) is 0 Å². The summed E-state index contributed by atoms with van der Waals surface area (Å²) in [6.45, 7) is 5.57. The molecule has 1 heterocycles. The van der Waals surface area contributed by atoms with Gasteiger partial charge in [-0.2, -0.15) is 5.10 Å². The molecule has 122 valence electrons. The zero-order valence-electron chi connectivity index (χ0n) is 13.3. The number of urea groups is 1. The minimum Gasteiger partial charge on any atom is -0.338 e. The van der Waals surface area contributed by atoms with Crippen molar-refractivity contribution in [1.82, 2.24) is 20.4 Å². The smallest absolute Gasteiger partial charge is 0.315 e. The Labute approximate surface area is 135 Å². The van der Waals surface area contributed by atoms with E-state index in [1.807, 2.05) is 26.0 Å². The maximum atomic E-state index is 12.1. The van der Waals surface area contributed by atoms with Gasteiger partial charge in [-0.15, -0.1) is 0 Å². The summed E-state index contributed by atoms with van der Waals surface area (Å²) in [6.07, 6.45) is 3.25. The highest BCUT2D eigenvalue weighted by Gasteiger charge is 2.08. The normalized spacial score (nSPS) is 10.2. The topological polar surface area (TPSA) is 88.1 Å². The van der Waals surface area contributed by atoms with Crippen molar-refractivity contribution in [1.29, 1.82) is 0 Å². The molecule has 0 saturated heterocycles. The number of carbonyl (C=O) groups is 2. The fourth-order valence-electron chi connectivity index (χ4n) is 1.97. The van der Waals surface area contributed by atoms with Gasteiger partial charge in [-0.1, -0.05) is 12.1 Å². The van der Waals surface area contributed by atoms with Gasteiger partial charge >= 0.3 is 6.03 Å². The summed E-state index contributed by atoms with van der Waals surface area (Å²) in [4.78, 5) is 23.4. The fourth-order valence-corrected chi connectivity index (χ4v) is 1.97. The average molecular weight is 315 g/mol. The zero-order valence-corrected chi connectivity index (χ0v) is 13.3. The molecule has 0 unspecified atom stereocenters. The molecular weight excluding hydrogens is 294 g/mol. The van der Waals surface area contributed by atoms with E-state index in [4.69, 9.17) is 0 Å². The van der Waals surface area contributed by atoms with Crippen LogP contribution in [0.5, 0.6) is 0 Å². The zero-order chi connectivity index (χ0) is 16.7. The van der Waals surface area contributed by atoms with Gasteiger partial charge in [0.25, 0.3) is 5.91 Å². The van der Waals surface area contributed by atoms with Crippen molar-refractivity contribution >= 4 is 17.6 Å². The van der Waals surface area contributed by atoms with Crippen LogP contribution >= 0.6 is 0 Å². The van der Waals surface area contributed by atoms with Crippen LogP contribution in [0.25, 0.3) is 0 Å². The lowest BCUT2D eigenvalue weighted by Crippen LogP contribution is -2.34. The van der Waals surface area contributed by atoms with E-state index in [9.17, 15) is 9.59 Å². The number of hydrogen-bond donors (Lipinski definition) is 3. The van der Waals surface area contributed by atoms with Crippen LogP contribution in [0.15, 0.2) is 36.7 Å². The van der Waals surface area contributed by atoms with E-state index in [1.54, 1.807) is 29.2 Å². The van der Waals surface area contributed by atoms with Crippen molar-refractivity contribution < 1.29 is 9.59 Å². The van der Waals surface area contributed by atoms with Crippen molar-refractivity contribution in [3.8, 4) is 0 Å². The highest BCUT2D eigenvalue weighted by molar-refractivity contribution is 6.03. The number of rotatable bonds is 6. The third-order valence-corrected chi connectivity index (χ3v) is 3.22. The molecule has 0 atom stereocenters. The number of aromatic nitrogens is 2. The Kier molecular flexibility index (Phi) is 5.74. The van der Waals surface area contributed by atoms with Gasteiger partial charge in [0.15, 0.2) is 0 Å². The summed E-state index contributed by atoms with van der Waals surface area (Å²) < 4.78 is 1.70. The predicted octanol–water partition coefficient (Wildman–Crippen LogP) is 1.97. The second kappa shape index (κ2) is 7.98. The van der Waals surface area contributed by atoms with E-state index < -0.39 is 0 Å². The molecule has 1 aromatic heterocycles. The Morgan fingerprint density at radius 1 is 1.13 bits per heavy atom. The highest BCUT2D eigenvalue weighted by atomic mass is 16.2. The van der Waals surface area contributed by atoms with Gasteiger partial charge in [-0.3, -0.25) is 9.48 Å². The SMILES string of the molecule is CCNC(=O)NCc1ccc(NC(=O)c2cnn(CC)c2)cc1. The number of hydrogen-bond acceptors (Lipinski definition) is 3. The van der Waals surface area contributed by atoms with Crippen LogP contribution in [-0.2, 0) is 13.1 Å². The summed E-state index contributed by atoms with van der Waals surface area (Å²) in [7, 11) is 0. The van der Waals surface area contributed by atoms with Gasteiger partial charge in [0.1, 0.15) is 0 Å². The Balaban J connectivity index is 1.89. The molecule has 7 nitrogen and oxygen atoms in total. The standard InChI is InChI=1S/C16H21N5O2/c1-3-17-16(23)18-9-12-5-7-14(8-6-12)20-15(22)13-10-19-21(4-2)11-13/h5-8,10-11H,3-4,9H2,1-2H3,(H,20,22)(H2,17,18,23). The number of benzene rings is 1. The molecule has 23 heavy (non-hydrogen) atoms. The first-order chi connectivity index (χ1) is 11.1. The van der Waals surface area contributed by atoms with Gasteiger partial charge < -0.3 is 16.0 Å². The van der Waals surface area contributed by atoms with Crippen LogP contribution in [0.2, 0.25) is 0 Å². The van der Waals surface area contributed by atoms with Crippen LogP contribution in [0.4, 0.5) is 10.5 Å². The maximum Gasteiger partial charge on any atom is 0.315 e. The molecule has 2 aromatic rings. The quantitative estimate of drug-likeness (QED) is 0.761. The van der Waals surface area contributed by atoms with Crippen LogP contribution in [0.3, 0.4) is 0 Å². The van der Waals surface area contributed by atoms with Crippen molar-refractivity contribution in [2.75, 3.05) is 11.9 Å².